The number of anilines is 1. The first kappa shape index (κ1) is 13.0. The number of nitrogens with two attached hydrogens (primary N) is 1. The monoisotopic (exact) mass is 269 g/mol. The predicted molar refractivity (Wildman–Crippen MR) is 67.3 cm³/mol. The van der Waals surface area contributed by atoms with Crippen molar-refractivity contribution in [2.75, 3.05) is 37.8 Å². The SMILES string of the molecule is Nc1cccnc1S(=O)CC(=O)N1CCOCC1. The zero-order valence-corrected chi connectivity index (χ0v) is 10.7. The number of aromatic nitrogens is 1. The van der Waals surface area contributed by atoms with E-state index in [9.17, 15) is 9.00 Å². The second kappa shape index (κ2) is 5.92. The highest BCUT2D eigenvalue weighted by Gasteiger charge is 2.20. The van der Waals surface area contributed by atoms with Crippen LogP contribution in [0.1, 0.15) is 0 Å². The van der Waals surface area contributed by atoms with Crippen molar-refractivity contribution in [1.82, 2.24) is 9.88 Å². The van der Waals surface area contributed by atoms with E-state index < -0.39 is 10.8 Å². The van der Waals surface area contributed by atoms with Crippen molar-refractivity contribution in [3.8, 4) is 0 Å². The molecule has 1 saturated heterocycles. The maximum atomic E-state index is 12.0. The van der Waals surface area contributed by atoms with E-state index in [1.807, 2.05) is 0 Å². The summed E-state index contributed by atoms with van der Waals surface area (Å²) in [7, 11) is -1.49. The van der Waals surface area contributed by atoms with Crippen LogP contribution in [0.25, 0.3) is 0 Å². The molecular weight excluding hydrogens is 254 g/mol. The van der Waals surface area contributed by atoms with Gasteiger partial charge in [-0.3, -0.25) is 9.00 Å². The lowest BCUT2D eigenvalue weighted by Crippen LogP contribution is -2.42. The molecule has 1 amide bonds. The molecule has 0 bridgehead atoms. The molecule has 18 heavy (non-hydrogen) atoms. The zero-order chi connectivity index (χ0) is 13.0. The van der Waals surface area contributed by atoms with Crippen LogP contribution in [0.4, 0.5) is 5.69 Å². The van der Waals surface area contributed by atoms with E-state index >= 15 is 0 Å². The number of carbonyl (C=O) groups is 1. The average Bonchev–Trinajstić information content (AvgIpc) is 2.40. The van der Waals surface area contributed by atoms with Crippen molar-refractivity contribution >= 4 is 22.4 Å². The van der Waals surface area contributed by atoms with Gasteiger partial charge in [0.25, 0.3) is 0 Å². The Balaban J connectivity index is 1.99. The largest absolute Gasteiger partial charge is 0.396 e. The fraction of sp³-hybridized carbons (Fsp3) is 0.455. The molecule has 7 heteroatoms. The molecule has 2 heterocycles. The van der Waals surface area contributed by atoms with E-state index in [1.165, 1.54) is 6.20 Å². The van der Waals surface area contributed by atoms with Gasteiger partial charge in [0, 0.05) is 19.3 Å². The first-order chi connectivity index (χ1) is 8.68. The number of hydrogen-bond acceptors (Lipinski definition) is 5. The van der Waals surface area contributed by atoms with Gasteiger partial charge in [-0.2, -0.15) is 0 Å². The molecular formula is C11H15N3O3S. The number of hydrogen-bond donors (Lipinski definition) is 1. The van der Waals surface area contributed by atoms with E-state index in [1.54, 1.807) is 17.0 Å². The highest BCUT2D eigenvalue weighted by molar-refractivity contribution is 7.85. The van der Waals surface area contributed by atoms with Crippen molar-refractivity contribution in [3.63, 3.8) is 0 Å². The number of carbonyl (C=O) groups excluding carboxylic acids is 1. The smallest absolute Gasteiger partial charge is 0.235 e. The first-order valence-corrected chi connectivity index (χ1v) is 6.95. The molecule has 1 aromatic heterocycles. The van der Waals surface area contributed by atoms with Gasteiger partial charge in [0.2, 0.25) is 5.91 Å². The summed E-state index contributed by atoms with van der Waals surface area (Å²) in [5, 5.41) is 0.277. The van der Waals surface area contributed by atoms with Gasteiger partial charge in [0.05, 0.1) is 29.7 Å². The van der Waals surface area contributed by atoms with Gasteiger partial charge >= 0.3 is 0 Å². The molecule has 0 radical (unpaired) electrons. The fourth-order valence-corrected chi connectivity index (χ4v) is 2.73. The highest BCUT2D eigenvalue weighted by Crippen LogP contribution is 2.12. The Labute approximate surface area is 108 Å². The minimum absolute atomic E-state index is 0.0821. The molecule has 1 aliphatic rings. The molecule has 1 aliphatic heterocycles. The molecule has 2 N–H and O–H groups in total. The highest BCUT2D eigenvalue weighted by atomic mass is 32.2. The van der Waals surface area contributed by atoms with Crippen molar-refractivity contribution in [2.24, 2.45) is 0 Å². The standard InChI is InChI=1S/C11H15N3O3S/c12-9-2-1-3-13-11(9)18(16)8-10(15)14-4-6-17-7-5-14/h1-3H,4-8,12H2. The van der Waals surface area contributed by atoms with Crippen molar-refractivity contribution in [1.29, 1.82) is 0 Å². The zero-order valence-electron chi connectivity index (χ0n) is 9.87. The number of morpholine rings is 1. The molecule has 2 rings (SSSR count). The number of rotatable bonds is 3. The van der Waals surface area contributed by atoms with Gasteiger partial charge < -0.3 is 15.4 Å². The molecule has 1 atom stereocenters. The quantitative estimate of drug-likeness (QED) is 0.809. The fourth-order valence-electron chi connectivity index (χ4n) is 1.68. The van der Waals surface area contributed by atoms with Gasteiger partial charge in [0.1, 0.15) is 5.75 Å². The van der Waals surface area contributed by atoms with Crippen LogP contribution in [-0.2, 0) is 20.3 Å². The number of amides is 1. The minimum atomic E-state index is -1.49. The lowest BCUT2D eigenvalue weighted by atomic mass is 10.4. The number of pyridine rings is 1. The van der Waals surface area contributed by atoms with E-state index in [4.69, 9.17) is 10.5 Å². The third-order valence-corrected chi connectivity index (χ3v) is 3.92. The predicted octanol–water partition coefficient (Wildman–Crippen LogP) is -0.370. The van der Waals surface area contributed by atoms with Gasteiger partial charge in [-0.25, -0.2) is 4.98 Å². The molecule has 1 unspecified atom stereocenters. The van der Waals surface area contributed by atoms with Crippen LogP contribution in [0.5, 0.6) is 0 Å². The van der Waals surface area contributed by atoms with Crippen LogP contribution >= 0.6 is 0 Å². The lowest BCUT2D eigenvalue weighted by Gasteiger charge is -2.26. The maximum Gasteiger partial charge on any atom is 0.235 e. The van der Waals surface area contributed by atoms with Crippen LogP contribution in [0.15, 0.2) is 23.4 Å². The normalized spacial score (nSPS) is 17.4. The van der Waals surface area contributed by atoms with Crippen LogP contribution in [0.3, 0.4) is 0 Å². The maximum absolute atomic E-state index is 12.0. The topological polar surface area (TPSA) is 85.5 Å². The minimum Gasteiger partial charge on any atom is -0.396 e. The molecule has 6 nitrogen and oxygen atoms in total. The first-order valence-electron chi connectivity index (χ1n) is 5.63. The number of nitrogens with zero attached hydrogens (tertiary/aromatic N) is 2. The van der Waals surface area contributed by atoms with Crippen LogP contribution < -0.4 is 5.73 Å². The van der Waals surface area contributed by atoms with Crippen LogP contribution in [0, 0.1) is 0 Å². The molecule has 0 aliphatic carbocycles. The Morgan fingerprint density at radius 2 is 2.22 bits per heavy atom. The molecule has 98 valence electrons. The Morgan fingerprint density at radius 1 is 1.50 bits per heavy atom. The number of nitrogen functional groups attached to an aromatic ring is 1. The summed E-state index contributed by atoms with van der Waals surface area (Å²) in [5.41, 5.74) is 6.03. The van der Waals surface area contributed by atoms with E-state index in [0.717, 1.165) is 0 Å². The average molecular weight is 269 g/mol. The van der Waals surface area contributed by atoms with Gasteiger partial charge in [0.15, 0.2) is 5.03 Å². The Hall–Kier alpha value is -1.47. The molecule has 1 aromatic rings. The summed E-state index contributed by atoms with van der Waals surface area (Å²) in [5.74, 6) is -0.233. The lowest BCUT2D eigenvalue weighted by molar-refractivity contribution is -0.132. The second-order valence-electron chi connectivity index (χ2n) is 3.88. The number of ether oxygens (including phenoxy) is 1. The Bertz CT molecular complexity index is 461. The molecule has 0 aromatic carbocycles. The Kier molecular flexibility index (Phi) is 4.27. The van der Waals surface area contributed by atoms with Gasteiger partial charge in [-0.05, 0) is 12.1 Å². The third kappa shape index (κ3) is 3.05. The van der Waals surface area contributed by atoms with Crippen molar-refractivity contribution in [2.45, 2.75) is 5.03 Å². The van der Waals surface area contributed by atoms with Crippen molar-refractivity contribution < 1.29 is 13.7 Å². The molecule has 0 saturated carbocycles. The Morgan fingerprint density at radius 3 is 2.89 bits per heavy atom. The molecule has 0 spiro atoms. The van der Waals surface area contributed by atoms with Gasteiger partial charge in [-0.15, -0.1) is 0 Å². The summed E-state index contributed by atoms with van der Waals surface area (Å²) in [4.78, 5) is 17.5. The third-order valence-electron chi connectivity index (χ3n) is 2.63. The molecule has 1 fully saturated rings. The van der Waals surface area contributed by atoms with Crippen LogP contribution in [0.2, 0.25) is 0 Å². The summed E-state index contributed by atoms with van der Waals surface area (Å²) < 4.78 is 17.2. The van der Waals surface area contributed by atoms with E-state index in [0.29, 0.717) is 32.0 Å². The van der Waals surface area contributed by atoms with E-state index in [-0.39, 0.29) is 16.7 Å². The van der Waals surface area contributed by atoms with E-state index in [2.05, 4.69) is 4.98 Å². The second-order valence-corrected chi connectivity index (χ2v) is 5.25. The summed E-state index contributed by atoms with van der Waals surface area (Å²) in [6.45, 7) is 2.16. The van der Waals surface area contributed by atoms with Crippen molar-refractivity contribution in [3.05, 3.63) is 18.3 Å². The summed E-state index contributed by atoms with van der Waals surface area (Å²) >= 11 is 0. The summed E-state index contributed by atoms with van der Waals surface area (Å²) in [6, 6.07) is 3.29. The van der Waals surface area contributed by atoms with Crippen LogP contribution in [-0.4, -0.2) is 52.1 Å². The summed E-state index contributed by atoms with van der Waals surface area (Å²) in [6.07, 6.45) is 1.52. The van der Waals surface area contributed by atoms with Gasteiger partial charge in [-0.1, -0.05) is 0 Å².